The molecule has 0 aromatic heterocycles. The Labute approximate surface area is 105 Å². The summed E-state index contributed by atoms with van der Waals surface area (Å²) in [6.45, 7) is 0. The van der Waals surface area contributed by atoms with E-state index in [0.29, 0.717) is 0 Å². The predicted octanol–water partition coefficient (Wildman–Crippen LogP) is 2.58. The van der Waals surface area contributed by atoms with Crippen molar-refractivity contribution in [3.63, 3.8) is 0 Å². The maximum atomic E-state index is 8.84. The molecule has 0 aliphatic rings. The summed E-state index contributed by atoms with van der Waals surface area (Å²) in [5.41, 5.74) is 0.705. The molecule has 0 saturated carbocycles. The van der Waals surface area contributed by atoms with Crippen LogP contribution in [-0.2, 0) is 0 Å². The fourth-order valence-electron chi connectivity index (χ4n) is 1.22. The molecule has 0 heterocycles. The van der Waals surface area contributed by atoms with Crippen LogP contribution >= 0.6 is 0 Å². The number of nitrogens with zero attached hydrogens (tertiary/aromatic N) is 3. The Kier molecular flexibility index (Phi) is 4.73. The highest BCUT2D eigenvalue weighted by Gasteiger charge is 2.01. The summed E-state index contributed by atoms with van der Waals surface area (Å²) in [6.07, 6.45) is 3.11. The van der Waals surface area contributed by atoms with Crippen LogP contribution in [0.4, 0.5) is 0 Å². The van der Waals surface area contributed by atoms with Gasteiger partial charge in [0, 0.05) is 0 Å². The lowest BCUT2D eigenvalue weighted by Crippen LogP contribution is -1.83. The van der Waals surface area contributed by atoms with Crippen LogP contribution in [0.5, 0.6) is 5.75 Å². The van der Waals surface area contributed by atoms with E-state index in [2.05, 4.69) is 0 Å². The zero-order valence-corrected chi connectivity index (χ0v) is 9.71. The van der Waals surface area contributed by atoms with Gasteiger partial charge in [0.25, 0.3) is 0 Å². The quantitative estimate of drug-likeness (QED) is 0.595. The standard InChI is InChI=1S/C14H9N3O/c1-18-14-6-3-11(4-7-14)2-5-12(8-15)13(9-16)10-17/h2-7H,1H3/b5-2+. The lowest BCUT2D eigenvalue weighted by molar-refractivity contribution is 0.415. The first-order valence-corrected chi connectivity index (χ1v) is 5.02. The van der Waals surface area contributed by atoms with Crippen molar-refractivity contribution >= 4 is 6.08 Å². The van der Waals surface area contributed by atoms with E-state index in [-0.39, 0.29) is 11.1 Å². The second-order valence-corrected chi connectivity index (χ2v) is 3.23. The molecule has 0 aliphatic carbocycles. The van der Waals surface area contributed by atoms with Gasteiger partial charge in [-0.15, -0.1) is 0 Å². The summed E-state index contributed by atoms with van der Waals surface area (Å²) in [4.78, 5) is 0. The highest BCUT2D eigenvalue weighted by Crippen LogP contribution is 2.13. The van der Waals surface area contributed by atoms with E-state index in [9.17, 15) is 0 Å². The number of nitriles is 3. The van der Waals surface area contributed by atoms with Crippen molar-refractivity contribution in [3.8, 4) is 24.0 Å². The third-order valence-corrected chi connectivity index (χ3v) is 2.17. The van der Waals surface area contributed by atoms with Crippen molar-refractivity contribution in [2.75, 3.05) is 7.11 Å². The SMILES string of the molecule is COc1ccc(/C=C/C(C#N)=C(C#N)C#N)cc1. The predicted molar refractivity (Wildman–Crippen MR) is 65.9 cm³/mol. The minimum absolute atomic E-state index is 0.0517. The van der Waals surface area contributed by atoms with Crippen LogP contribution in [0.3, 0.4) is 0 Å². The molecule has 0 atom stereocenters. The number of benzene rings is 1. The molecule has 4 nitrogen and oxygen atoms in total. The minimum atomic E-state index is -0.192. The Hall–Kier alpha value is -3.03. The van der Waals surface area contributed by atoms with Crippen LogP contribution < -0.4 is 4.74 Å². The van der Waals surface area contributed by atoms with E-state index < -0.39 is 0 Å². The maximum Gasteiger partial charge on any atom is 0.147 e. The van der Waals surface area contributed by atoms with Gasteiger partial charge < -0.3 is 4.74 Å². The molecule has 0 N–H and O–H groups in total. The second kappa shape index (κ2) is 6.53. The lowest BCUT2D eigenvalue weighted by atomic mass is 10.1. The van der Waals surface area contributed by atoms with Gasteiger partial charge in [-0.1, -0.05) is 18.2 Å². The second-order valence-electron chi connectivity index (χ2n) is 3.23. The molecule has 0 amide bonds. The molecule has 1 aromatic carbocycles. The number of hydrogen-bond acceptors (Lipinski definition) is 4. The summed E-state index contributed by atoms with van der Waals surface area (Å²) in [5, 5.41) is 26.2. The zero-order valence-electron chi connectivity index (χ0n) is 9.71. The minimum Gasteiger partial charge on any atom is -0.497 e. The molecular formula is C14H9N3O. The van der Waals surface area contributed by atoms with Gasteiger partial charge in [-0.25, -0.2) is 0 Å². The third-order valence-electron chi connectivity index (χ3n) is 2.17. The van der Waals surface area contributed by atoms with Crippen molar-refractivity contribution in [1.82, 2.24) is 0 Å². The molecule has 0 radical (unpaired) electrons. The number of allylic oxidation sites excluding steroid dienone is 3. The molecule has 86 valence electrons. The molecule has 18 heavy (non-hydrogen) atoms. The average Bonchev–Trinajstić information content (AvgIpc) is 2.44. The smallest absolute Gasteiger partial charge is 0.147 e. The number of ether oxygens (including phenoxy) is 1. The van der Waals surface area contributed by atoms with E-state index in [0.717, 1.165) is 11.3 Å². The average molecular weight is 235 g/mol. The normalized spacial score (nSPS) is 9.00. The molecule has 0 saturated heterocycles. The van der Waals surface area contributed by atoms with Crippen molar-refractivity contribution in [3.05, 3.63) is 47.1 Å². The van der Waals surface area contributed by atoms with Crippen molar-refractivity contribution in [2.45, 2.75) is 0 Å². The first-order chi connectivity index (χ1) is 8.74. The van der Waals surface area contributed by atoms with Gasteiger partial charge in [-0.3, -0.25) is 0 Å². The van der Waals surface area contributed by atoms with Crippen LogP contribution in [-0.4, -0.2) is 7.11 Å². The van der Waals surface area contributed by atoms with E-state index in [1.54, 1.807) is 37.5 Å². The highest BCUT2D eigenvalue weighted by molar-refractivity contribution is 5.60. The van der Waals surface area contributed by atoms with Gasteiger partial charge in [0.15, 0.2) is 0 Å². The van der Waals surface area contributed by atoms with Crippen LogP contribution in [0.15, 0.2) is 41.5 Å². The molecule has 0 bridgehead atoms. The topological polar surface area (TPSA) is 80.6 Å². The van der Waals surface area contributed by atoms with Crippen molar-refractivity contribution in [2.24, 2.45) is 0 Å². The van der Waals surface area contributed by atoms with Gasteiger partial charge >= 0.3 is 0 Å². The maximum absolute atomic E-state index is 8.84. The molecule has 0 spiro atoms. The summed E-state index contributed by atoms with van der Waals surface area (Å²) in [5.74, 6) is 0.734. The lowest BCUT2D eigenvalue weighted by Gasteiger charge is -1.98. The molecule has 1 aromatic rings. The van der Waals surface area contributed by atoms with Crippen LogP contribution in [0.2, 0.25) is 0 Å². The van der Waals surface area contributed by atoms with E-state index in [1.807, 2.05) is 18.2 Å². The highest BCUT2D eigenvalue weighted by atomic mass is 16.5. The summed E-state index contributed by atoms with van der Waals surface area (Å²) < 4.78 is 5.02. The number of hydrogen-bond donors (Lipinski definition) is 0. The number of methoxy groups -OCH3 is 1. The molecule has 0 fully saturated rings. The Morgan fingerprint density at radius 3 is 2.11 bits per heavy atom. The summed E-state index contributed by atoms with van der Waals surface area (Å²) in [7, 11) is 1.58. The van der Waals surface area contributed by atoms with Gasteiger partial charge in [-0.2, -0.15) is 15.8 Å². The summed E-state index contributed by atoms with van der Waals surface area (Å²) >= 11 is 0. The molecule has 1 rings (SSSR count). The fourth-order valence-corrected chi connectivity index (χ4v) is 1.22. The fraction of sp³-hybridized carbons (Fsp3) is 0.0714. The third kappa shape index (κ3) is 3.23. The Bertz CT molecular complexity index is 588. The Balaban J connectivity index is 3.00. The zero-order chi connectivity index (χ0) is 13.4. The van der Waals surface area contributed by atoms with E-state index in [1.165, 1.54) is 6.08 Å². The largest absolute Gasteiger partial charge is 0.497 e. The molecule has 0 unspecified atom stereocenters. The van der Waals surface area contributed by atoms with Crippen LogP contribution in [0.1, 0.15) is 5.56 Å². The Morgan fingerprint density at radius 1 is 1.06 bits per heavy atom. The van der Waals surface area contributed by atoms with Gasteiger partial charge in [-0.05, 0) is 23.8 Å². The van der Waals surface area contributed by atoms with Gasteiger partial charge in [0.05, 0.1) is 12.7 Å². The molecule has 4 heteroatoms. The van der Waals surface area contributed by atoms with Crippen LogP contribution in [0.25, 0.3) is 6.08 Å². The first kappa shape index (κ1) is 13.0. The van der Waals surface area contributed by atoms with E-state index in [4.69, 9.17) is 20.5 Å². The van der Waals surface area contributed by atoms with E-state index >= 15 is 0 Å². The number of rotatable bonds is 3. The molecular weight excluding hydrogens is 226 g/mol. The van der Waals surface area contributed by atoms with Crippen molar-refractivity contribution in [1.29, 1.82) is 15.8 Å². The Morgan fingerprint density at radius 2 is 1.67 bits per heavy atom. The van der Waals surface area contributed by atoms with Crippen LogP contribution in [0, 0.1) is 34.0 Å². The monoisotopic (exact) mass is 235 g/mol. The van der Waals surface area contributed by atoms with Gasteiger partial charge in [0.1, 0.15) is 29.5 Å². The first-order valence-electron chi connectivity index (χ1n) is 5.02. The van der Waals surface area contributed by atoms with Gasteiger partial charge in [0.2, 0.25) is 0 Å². The summed E-state index contributed by atoms with van der Waals surface area (Å²) in [6, 6.07) is 12.4. The van der Waals surface area contributed by atoms with Crippen molar-refractivity contribution < 1.29 is 4.74 Å². The molecule has 0 aliphatic heterocycles.